The number of hydrogen-bond acceptors (Lipinski definition) is 7. The van der Waals surface area contributed by atoms with Crippen LogP contribution in [0.25, 0.3) is 0 Å². The zero-order valence-electron chi connectivity index (χ0n) is 15.3. The van der Waals surface area contributed by atoms with Crippen LogP contribution >= 0.6 is 11.3 Å². The summed E-state index contributed by atoms with van der Waals surface area (Å²) in [5, 5.41) is 5.44. The van der Waals surface area contributed by atoms with E-state index >= 15 is 0 Å². The molecule has 26 heavy (non-hydrogen) atoms. The van der Waals surface area contributed by atoms with Gasteiger partial charge in [-0.1, -0.05) is 0 Å². The van der Waals surface area contributed by atoms with E-state index in [2.05, 4.69) is 34.0 Å². The molecule has 3 heterocycles. The molecular weight excluding hydrogens is 352 g/mol. The fourth-order valence-electron chi connectivity index (χ4n) is 3.14. The molecule has 0 bridgehead atoms. The summed E-state index contributed by atoms with van der Waals surface area (Å²) in [6.07, 6.45) is 2.25. The van der Waals surface area contributed by atoms with E-state index in [9.17, 15) is 4.79 Å². The standard InChI is InChI=1S/C18H24N4O3S/c1-12-8-22(9-13(2)25-12)10-14-11-26-18(20-14)21-17(23)7-15-16(24-3)5-4-6-19-15/h4-6,11-13H,7-10H2,1-3H3,(H,20,21,23)/t12-,13-/m0/s1. The SMILES string of the molecule is COc1cccnc1CC(=O)Nc1nc(CN2C[C@H](C)O[C@@H](C)C2)cs1. The second-order valence-electron chi connectivity index (χ2n) is 6.47. The van der Waals surface area contributed by atoms with E-state index in [0.717, 1.165) is 25.3 Å². The van der Waals surface area contributed by atoms with Gasteiger partial charge in [-0.15, -0.1) is 11.3 Å². The molecule has 140 valence electrons. The van der Waals surface area contributed by atoms with E-state index in [1.165, 1.54) is 11.3 Å². The van der Waals surface area contributed by atoms with Crippen LogP contribution in [0.4, 0.5) is 5.13 Å². The molecule has 0 unspecified atom stereocenters. The monoisotopic (exact) mass is 376 g/mol. The van der Waals surface area contributed by atoms with Crippen molar-refractivity contribution in [1.29, 1.82) is 0 Å². The number of carbonyl (C=O) groups excluding carboxylic acids is 1. The van der Waals surface area contributed by atoms with Gasteiger partial charge < -0.3 is 14.8 Å². The number of nitrogens with zero attached hydrogens (tertiary/aromatic N) is 3. The Morgan fingerprint density at radius 2 is 2.19 bits per heavy atom. The maximum Gasteiger partial charge on any atom is 0.232 e. The Balaban J connectivity index is 1.55. The number of morpholine rings is 1. The van der Waals surface area contributed by atoms with Crippen LogP contribution in [0.15, 0.2) is 23.7 Å². The molecule has 7 nitrogen and oxygen atoms in total. The fraction of sp³-hybridized carbons (Fsp3) is 0.500. The van der Waals surface area contributed by atoms with Crippen LogP contribution in [0.3, 0.4) is 0 Å². The van der Waals surface area contributed by atoms with Crippen LogP contribution in [0.1, 0.15) is 25.2 Å². The smallest absolute Gasteiger partial charge is 0.232 e. The molecule has 0 aromatic carbocycles. The van der Waals surface area contributed by atoms with E-state index in [-0.39, 0.29) is 24.5 Å². The molecule has 1 N–H and O–H groups in total. The average Bonchev–Trinajstić information content (AvgIpc) is 3.01. The van der Waals surface area contributed by atoms with Gasteiger partial charge >= 0.3 is 0 Å². The Kier molecular flexibility index (Phi) is 6.18. The number of ether oxygens (including phenoxy) is 2. The quantitative estimate of drug-likeness (QED) is 0.834. The van der Waals surface area contributed by atoms with Gasteiger partial charge in [-0.3, -0.25) is 14.7 Å². The summed E-state index contributed by atoms with van der Waals surface area (Å²) in [5.41, 5.74) is 1.57. The number of carbonyl (C=O) groups is 1. The van der Waals surface area contributed by atoms with E-state index < -0.39 is 0 Å². The van der Waals surface area contributed by atoms with Crippen LogP contribution in [0.2, 0.25) is 0 Å². The van der Waals surface area contributed by atoms with Gasteiger partial charge in [0.1, 0.15) is 5.75 Å². The third-order valence-electron chi connectivity index (χ3n) is 4.08. The highest BCUT2D eigenvalue weighted by molar-refractivity contribution is 7.13. The number of nitrogens with one attached hydrogen (secondary N) is 1. The summed E-state index contributed by atoms with van der Waals surface area (Å²) in [4.78, 5) is 23.3. The first-order valence-electron chi connectivity index (χ1n) is 8.63. The highest BCUT2D eigenvalue weighted by atomic mass is 32.1. The van der Waals surface area contributed by atoms with Gasteiger partial charge in [0.2, 0.25) is 5.91 Å². The lowest BCUT2D eigenvalue weighted by Crippen LogP contribution is -2.44. The zero-order chi connectivity index (χ0) is 18.5. The summed E-state index contributed by atoms with van der Waals surface area (Å²) < 4.78 is 11.0. The summed E-state index contributed by atoms with van der Waals surface area (Å²) in [7, 11) is 1.57. The van der Waals surface area contributed by atoms with E-state index in [0.29, 0.717) is 16.6 Å². The number of methoxy groups -OCH3 is 1. The fourth-order valence-corrected chi connectivity index (χ4v) is 3.85. The average molecular weight is 376 g/mol. The predicted molar refractivity (Wildman–Crippen MR) is 101 cm³/mol. The minimum atomic E-state index is -0.156. The largest absolute Gasteiger partial charge is 0.495 e. The van der Waals surface area contributed by atoms with Crippen molar-refractivity contribution in [2.24, 2.45) is 0 Å². The number of hydrogen-bond donors (Lipinski definition) is 1. The third kappa shape index (κ3) is 5.00. The highest BCUT2D eigenvalue weighted by Gasteiger charge is 2.22. The minimum absolute atomic E-state index is 0.150. The number of thiazole rings is 1. The number of rotatable bonds is 6. The molecule has 2 aromatic rings. The lowest BCUT2D eigenvalue weighted by atomic mass is 10.2. The Morgan fingerprint density at radius 3 is 2.92 bits per heavy atom. The van der Waals surface area contributed by atoms with Crippen molar-refractivity contribution >= 4 is 22.4 Å². The molecule has 1 aliphatic heterocycles. The van der Waals surface area contributed by atoms with E-state index in [1.54, 1.807) is 25.4 Å². The van der Waals surface area contributed by atoms with Gasteiger partial charge in [-0.05, 0) is 26.0 Å². The summed E-state index contributed by atoms with van der Waals surface area (Å²) >= 11 is 1.44. The minimum Gasteiger partial charge on any atom is -0.495 e. The Hall–Kier alpha value is -2.03. The van der Waals surface area contributed by atoms with Crippen molar-refractivity contribution in [3.8, 4) is 5.75 Å². The van der Waals surface area contributed by atoms with Gasteiger partial charge in [0.25, 0.3) is 0 Å². The lowest BCUT2D eigenvalue weighted by molar-refractivity contribution is -0.115. The van der Waals surface area contributed by atoms with Crippen LogP contribution in [-0.4, -0.2) is 53.2 Å². The van der Waals surface area contributed by atoms with Gasteiger partial charge in [0.05, 0.1) is 37.1 Å². The maximum absolute atomic E-state index is 12.3. The van der Waals surface area contributed by atoms with Crippen molar-refractivity contribution in [3.05, 3.63) is 35.1 Å². The molecule has 1 aliphatic rings. The topological polar surface area (TPSA) is 76.6 Å². The van der Waals surface area contributed by atoms with E-state index in [1.807, 2.05) is 5.38 Å². The Morgan fingerprint density at radius 1 is 1.42 bits per heavy atom. The summed E-state index contributed by atoms with van der Waals surface area (Å²) in [6, 6.07) is 3.57. The number of anilines is 1. The maximum atomic E-state index is 12.3. The predicted octanol–water partition coefficient (Wildman–Crippen LogP) is 2.34. The summed E-state index contributed by atoms with van der Waals surface area (Å²) in [5.74, 6) is 0.453. The molecular formula is C18H24N4O3S. The number of pyridine rings is 1. The molecule has 0 aliphatic carbocycles. The van der Waals surface area contributed by atoms with Gasteiger partial charge in [0.15, 0.2) is 5.13 Å². The molecule has 0 saturated carbocycles. The van der Waals surface area contributed by atoms with Crippen LogP contribution in [-0.2, 0) is 22.5 Å². The normalized spacial score (nSPS) is 20.7. The molecule has 0 spiro atoms. The van der Waals surface area contributed by atoms with Crippen molar-refractivity contribution < 1.29 is 14.3 Å². The van der Waals surface area contributed by atoms with Crippen LogP contribution in [0, 0.1) is 0 Å². The molecule has 3 rings (SSSR count). The molecule has 2 atom stereocenters. The summed E-state index contributed by atoms with van der Waals surface area (Å²) in [6.45, 7) is 6.72. The first kappa shape index (κ1) is 18.8. The lowest BCUT2D eigenvalue weighted by Gasteiger charge is -2.34. The van der Waals surface area contributed by atoms with Gasteiger partial charge in [-0.2, -0.15) is 0 Å². The first-order chi connectivity index (χ1) is 12.5. The Labute approximate surface area is 157 Å². The highest BCUT2D eigenvalue weighted by Crippen LogP contribution is 2.20. The van der Waals surface area contributed by atoms with E-state index in [4.69, 9.17) is 9.47 Å². The second-order valence-corrected chi connectivity index (χ2v) is 7.33. The van der Waals surface area contributed by atoms with Gasteiger partial charge in [0, 0.05) is 31.2 Å². The van der Waals surface area contributed by atoms with Crippen molar-refractivity contribution in [1.82, 2.24) is 14.9 Å². The van der Waals surface area contributed by atoms with Crippen molar-refractivity contribution in [2.75, 3.05) is 25.5 Å². The molecule has 8 heteroatoms. The first-order valence-corrected chi connectivity index (χ1v) is 9.51. The zero-order valence-corrected chi connectivity index (χ0v) is 16.1. The third-order valence-corrected chi connectivity index (χ3v) is 4.88. The van der Waals surface area contributed by atoms with Crippen molar-refractivity contribution in [3.63, 3.8) is 0 Å². The number of aromatic nitrogens is 2. The van der Waals surface area contributed by atoms with Crippen LogP contribution in [0.5, 0.6) is 5.75 Å². The van der Waals surface area contributed by atoms with Gasteiger partial charge in [-0.25, -0.2) is 4.98 Å². The number of amides is 1. The molecule has 1 amide bonds. The molecule has 2 aromatic heterocycles. The Bertz CT molecular complexity index is 742. The van der Waals surface area contributed by atoms with Crippen LogP contribution < -0.4 is 10.1 Å². The second kappa shape index (κ2) is 8.57. The molecule has 1 fully saturated rings. The van der Waals surface area contributed by atoms with Crippen molar-refractivity contribution in [2.45, 2.75) is 39.0 Å². The molecule has 1 saturated heterocycles. The molecule has 0 radical (unpaired) electrons.